The molecule has 1 saturated carbocycles. The van der Waals surface area contributed by atoms with E-state index in [1.165, 1.54) is 38.5 Å². The number of ether oxygens (including phenoxy) is 1. The fraction of sp³-hybridized carbons (Fsp3) is 1.00. The Labute approximate surface area is 97.5 Å². The molecule has 1 aliphatic heterocycles. The van der Waals surface area contributed by atoms with Crippen LogP contribution in [0.4, 0.5) is 0 Å². The summed E-state index contributed by atoms with van der Waals surface area (Å²) in [4.78, 5) is 0. The first-order valence-corrected chi connectivity index (χ1v) is 7.54. The van der Waals surface area contributed by atoms with Crippen LogP contribution in [-0.2, 0) is 4.74 Å². The smallest absolute Gasteiger partial charge is 0.0619 e. The fourth-order valence-corrected chi connectivity index (χ4v) is 3.41. The number of hydrogen-bond acceptors (Lipinski definition) is 3. The summed E-state index contributed by atoms with van der Waals surface area (Å²) in [5.74, 6) is 0. The van der Waals surface area contributed by atoms with Gasteiger partial charge in [-0.2, -0.15) is 11.8 Å². The largest absolute Gasteiger partial charge is 0.380 e. The maximum absolute atomic E-state index is 5.50. The Morgan fingerprint density at radius 2 is 1.87 bits per heavy atom. The topological polar surface area (TPSA) is 21.3 Å². The Bertz CT molecular complexity index is 174. The highest BCUT2D eigenvalue weighted by molar-refractivity contribution is 7.99. The average molecular weight is 229 g/mol. The van der Waals surface area contributed by atoms with E-state index in [0.717, 1.165) is 24.5 Å². The van der Waals surface area contributed by atoms with Gasteiger partial charge in [0.2, 0.25) is 0 Å². The van der Waals surface area contributed by atoms with Crippen LogP contribution >= 0.6 is 11.8 Å². The number of thioether (sulfide) groups is 1. The van der Waals surface area contributed by atoms with Crippen LogP contribution in [0.1, 0.15) is 38.5 Å². The molecule has 1 N–H and O–H groups in total. The van der Waals surface area contributed by atoms with Crippen molar-refractivity contribution in [2.45, 2.75) is 55.9 Å². The van der Waals surface area contributed by atoms with Crippen molar-refractivity contribution in [3.63, 3.8) is 0 Å². The summed E-state index contributed by atoms with van der Waals surface area (Å²) in [6, 6.07) is 1.40. The van der Waals surface area contributed by atoms with Gasteiger partial charge in [0.15, 0.2) is 0 Å². The normalized spacial score (nSPS) is 37.8. The molecule has 0 spiro atoms. The maximum Gasteiger partial charge on any atom is 0.0619 e. The summed E-state index contributed by atoms with van der Waals surface area (Å²) in [7, 11) is 0. The van der Waals surface area contributed by atoms with Crippen molar-refractivity contribution in [1.29, 1.82) is 0 Å². The summed E-state index contributed by atoms with van der Waals surface area (Å²) in [6.07, 6.45) is 10.3. The first-order valence-electron chi connectivity index (χ1n) is 6.25. The zero-order valence-corrected chi connectivity index (χ0v) is 10.5. The van der Waals surface area contributed by atoms with Crippen molar-refractivity contribution >= 4 is 11.8 Å². The average Bonchev–Trinajstić information content (AvgIpc) is 2.31. The molecule has 1 atom stereocenters. The fourth-order valence-electron chi connectivity index (χ4n) is 2.67. The van der Waals surface area contributed by atoms with E-state index < -0.39 is 0 Å². The number of hydrogen-bond donors (Lipinski definition) is 1. The van der Waals surface area contributed by atoms with E-state index >= 15 is 0 Å². The van der Waals surface area contributed by atoms with Gasteiger partial charge in [-0.1, -0.05) is 0 Å². The van der Waals surface area contributed by atoms with E-state index in [1.807, 2.05) is 11.8 Å². The van der Waals surface area contributed by atoms with Crippen LogP contribution < -0.4 is 5.32 Å². The zero-order valence-electron chi connectivity index (χ0n) is 9.71. The second kappa shape index (κ2) is 6.12. The van der Waals surface area contributed by atoms with Crippen molar-refractivity contribution in [1.82, 2.24) is 5.32 Å². The lowest BCUT2D eigenvalue weighted by Crippen LogP contribution is -2.44. The molecule has 1 unspecified atom stereocenters. The van der Waals surface area contributed by atoms with Crippen molar-refractivity contribution in [3.8, 4) is 0 Å². The van der Waals surface area contributed by atoms with E-state index in [0.29, 0.717) is 6.04 Å². The molecule has 1 aliphatic carbocycles. The summed E-state index contributed by atoms with van der Waals surface area (Å²) >= 11 is 2.04. The monoisotopic (exact) mass is 229 g/mol. The van der Waals surface area contributed by atoms with Crippen LogP contribution in [0, 0.1) is 0 Å². The van der Waals surface area contributed by atoms with Gasteiger partial charge in [0.1, 0.15) is 0 Å². The van der Waals surface area contributed by atoms with E-state index in [2.05, 4.69) is 11.6 Å². The zero-order chi connectivity index (χ0) is 10.5. The molecule has 2 aliphatic rings. The molecule has 0 radical (unpaired) electrons. The molecular weight excluding hydrogens is 206 g/mol. The van der Waals surface area contributed by atoms with Gasteiger partial charge < -0.3 is 10.1 Å². The maximum atomic E-state index is 5.50. The summed E-state index contributed by atoms with van der Waals surface area (Å²) in [5, 5.41) is 4.69. The first kappa shape index (κ1) is 11.7. The van der Waals surface area contributed by atoms with Crippen LogP contribution in [0.2, 0.25) is 0 Å². The van der Waals surface area contributed by atoms with Crippen molar-refractivity contribution in [2.75, 3.05) is 19.5 Å². The van der Waals surface area contributed by atoms with Gasteiger partial charge in [0.25, 0.3) is 0 Å². The third-order valence-electron chi connectivity index (χ3n) is 3.64. The van der Waals surface area contributed by atoms with Crippen molar-refractivity contribution in [2.24, 2.45) is 0 Å². The van der Waals surface area contributed by atoms with Crippen LogP contribution in [0.5, 0.6) is 0 Å². The molecule has 88 valence electrons. The molecule has 0 bridgehead atoms. The van der Waals surface area contributed by atoms with E-state index in [-0.39, 0.29) is 0 Å². The lowest BCUT2D eigenvalue weighted by Gasteiger charge is -2.33. The van der Waals surface area contributed by atoms with Gasteiger partial charge in [-0.05, 0) is 44.8 Å². The molecule has 3 heteroatoms. The van der Waals surface area contributed by atoms with Gasteiger partial charge >= 0.3 is 0 Å². The minimum Gasteiger partial charge on any atom is -0.380 e. The van der Waals surface area contributed by atoms with Crippen LogP contribution in [-0.4, -0.2) is 36.8 Å². The summed E-state index contributed by atoms with van der Waals surface area (Å²) < 4.78 is 5.50. The quantitative estimate of drug-likeness (QED) is 0.803. The van der Waals surface area contributed by atoms with Crippen LogP contribution in [0.15, 0.2) is 0 Å². The molecule has 2 nitrogen and oxygen atoms in total. The molecular formula is C12H23NOS. The summed E-state index contributed by atoms with van der Waals surface area (Å²) in [5.41, 5.74) is 0. The molecule has 0 aromatic heterocycles. The Hall–Kier alpha value is 0.270. The standard InChI is InChI=1S/C12H23NOS/c1-15-12-6-4-10(5-7-12)13-11-3-2-8-14-9-11/h10-13H,2-9H2,1H3. The number of rotatable bonds is 3. The number of nitrogens with one attached hydrogen (secondary N) is 1. The molecule has 0 aromatic rings. The van der Waals surface area contributed by atoms with Crippen molar-refractivity contribution in [3.05, 3.63) is 0 Å². The Kier molecular flexibility index (Phi) is 4.79. The third-order valence-corrected chi connectivity index (χ3v) is 4.78. The van der Waals surface area contributed by atoms with Gasteiger partial charge in [-0.25, -0.2) is 0 Å². The van der Waals surface area contributed by atoms with Gasteiger partial charge in [-0.3, -0.25) is 0 Å². The molecule has 0 aromatic carbocycles. The molecule has 0 amide bonds. The second-order valence-electron chi connectivity index (χ2n) is 4.79. The molecule has 2 rings (SSSR count). The Morgan fingerprint density at radius 3 is 2.47 bits per heavy atom. The highest BCUT2D eigenvalue weighted by Crippen LogP contribution is 2.27. The second-order valence-corrected chi connectivity index (χ2v) is 5.93. The summed E-state index contributed by atoms with van der Waals surface area (Å²) in [6.45, 7) is 1.90. The highest BCUT2D eigenvalue weighted by Gasteiger charge is 2.23. The minimum atomic E-state index is 0.634. The van der Waals surface area contributed by atoms with E-state index in [9.17, 15) is 0 Å². The lowest BCUT2D eigenvalue weighted by molar-refractivity contribution is 0.0644. The highest BCUT2D eigenvalue weighted by atomic mass is 32.2. The van der Waals surface area contributed by atoms with Crippen molar-refractivity contribution < 1.29 is 4.74 Å². The molecule has 15 heavy (non-hydrogen) atoms. The third kappa shape index (κ3) is 3.65. The predicted molar refractivity (Wildman–Crippen MR) is 66.5 cm³/mol. The van der Waals surface area contributed by atoms with Gasteiger partial charge in [0, 0.05) is 23.9 Å². The lowest BCUT2D eigenvalue weighted by atomic mass is 9.94. The van der Waals surface area contributed by atoms with Gasteiger partial charge in [0.05, 0.1) is 6.61 Å². The molecule has 2 fully saturated rings. The minimum absolute atomic E-state index is 0.634. The Morgan fingerprint density at radius 1 is 1.07 bits per heavy atom. The van der Waals surface area contributed by atoms with E-state index in [4.69, 9.17) is 4.74 Å². The predicted octanol–water partition coefficient (Wildman–Crippen LogP) is 2.43. The van der Waals surface area contributed by atoms with Crippen LogP contribution in [0.25, 0.3) is 0 Å². The molecule has 1 saturated heterocycles. The van der Waals surface area contributed by atoms with Gasteiger partial charge in [-0.15, -0.1) is 0 Å². The van der Waals surface area contributed by atoms with E-state index in [1.54, 1.807) is 0 Å². The first-order chi connectivity index (χ1) is 7.38. The molecule has 1 heterocycles. The van der Waals surface area contributed by atoms with Crippen LogP contribution in [0.3, 0.4) is 0 Å². The SMILES string of the molecule is CSC1CCC(NC2CCCOC2)CC1. The Balaban J connectivity index is 1.67.